The summed E-state index contributed by atoms with van der Waals surface area (Å²) in [5.74, 6) is 0. The molecule has 0 N–H and O–H groups in total. The third kappa shape index (κ3) is 2.76. The number of rotatable bonds is 2. The van der Waals surface area contributed by atoms with Gasteiger partial charge >= 0.3 is 0 Å². The molecular formula is C36H30. The zero-order valence-corrected chi connectivity index (χ0v) is 21.4. The molecule has 0 saturated carbocycles. The van der Waals surface area contributed by atoms with Gasteiger partial charge in [-0.1, -0.05) is 131 Å². The maximum absolute atomic E-state index is 2.40. The van der Waals surface area contributed by atoms with E-state index in [1.165, 1.54) is 66.8 Å². The van der Waals surface area contributed by atoms with Crippen molar-refractivity contribution in [2.24, 2.45) is 0 Å². The number of fused-ring (bicyclic) bond motifs is 6. The van der Waals surface area contributed by atoms with Crippen LogP contribution in [0.25, 0.3) is 44.5 Å². The Morgan fingerprint density at radius 1 is 0.361 bits per heavy atom. The second-order valence-corrected chi connectivity index (χ2v) is 11.4. The minimum atomic E-state index is 0.00902. The Morgan fingerprint density at radius 3 is 1.19 bits per heavy atom. The summed E-state index contributed by atoms with van der Waals surface area (Å²) >= 11 is 0. The fraction of sp³-hybridized carbons (Fsp3) is 0.167. The normalized spacial score (nSPS) is 15.7. The van der Waals surface area contributed by atoms with Gasteiger partial charge in [-0.05, 0) is 72.8 Å². The number of benzene rings is 5. The second kappa shape index (κ2) is 7.31. The van der Waals surface area contributed by atoms with Crippen LogP contribution < -0.4 is 0 Å². The van der Waals surface area contributed by atoms with Gasteiger partial charge in [-0.3, -0.25) is 0 Å². The molecule has 0 aromatic heterocycles. The van der Waals surface area contributed by atoms with Crippen molar-refractivity contribution in [1.82, 2.24) is 0 Å². The lowest BCUT2D eigenvalue weighted by molar-refractivity contribution is 0.660. The zero-order valence-electron chi connectivity index (χ0n) is 21.4. The summed E-state index contributed by atoms with van der Waals surface area (Å²) in [6.45, 7) is 9.41. The van der Waals surface area contributed by atoms with E-state index in [1.807, 2.05) is 0 Å². The summed E-state index contributed by atoms with van der Waals surface area (Å²) in [4.78, 5) is 0. The monoisotopic (exact) mass is 462 g/mol. The van der Waals surface area contributed by atoms with Crippen LogP contribution in [0.2, 0.25) is 0 Å². The van der Waals surface area contributed by atoms with Crippen LogP contribution in [-0.4, -0.2) is 0 Å². The largest absolute Gasteiger partial charge is 0.0619 e. The third-order valence-corrected chi connectivity index (χ3v) is 8.70. The lowest BCUT2D eigenvalue weighted by Crippen LogP contribution is -2.14. The molecule has 0 heterocycles. The zero-order chi connectivity index (χ0) is 24.7. The van der Waals surface area contributed by atoms with Gasteiger partial charge in [-0.2, -0.15) is 0 Å². The van der Waals surface area contributed by atoms with Crippen molar-refractivity contribution in [1.29, 1.82) is 0 Å². The Bertz CT molecular complexity index is 1560. The summed E-state index contributed by atoms with van der Waals surface area (Å²) in [7, 11) is 0. The Hall–Kier alpha value is -3.90. The molecule has 7 rings (SSSR count). The van der Waals surface area contributed by atoms with Crippen molar-refractivity contribution in [3.8, 4) is 44.5 Å². The lowest BCUT2D eigenvalue weighted by atomic mass is 9.81. The highest BCUT2D eigenvalue weighted by atomic mass is 14.4. The van der Waals surface area contributed by atoms with Crippen LogP contribution in [0.1, 0.15) is 49.9 Å². The topological polar surface area (TPSA) is 0 Å². The van der Waals surface area contributed by atoms with Crippen LogP contribution in [0.15, 0.2) is 109 Å². The fourth-order valence-corrected chi connectivity index (χ4v) is 6.84. The van der Waals surface area contributed by atoms with E-state index in [9.17, 15) is 0 Å². The molecule has 0 unspecified atom stereocenters. The Labute approximate surface area is 214 Å². The first kappa shape index (κ1) is 21.4. The number of hydrogen-bond acceptors (Lipinski definition) is 0. The quantitative estimate of drug-likeness (QED) is 0.245. The van der Waals surface area contributed by atoms with E-state index < -0.39 is 0 Å². The Morgan fingerprint density at radius 2 is 0.722 bits per heavy atom. The van der Waals surface area contributed by atoms with Crippen molar-refractivity contribution in [2.45, 2.75) is 38.5 Å². The van der Waals surface area contributed by atoms with Gasteiger partial charge in [0.05, 0.1) is 0 Å². The van der Waals surface area contributed by atoms with Gasteiger partial charge < -0.3 is 0 Å². The molecule has 0 heteroatoms. The van der Waals surface area contributed by atoms with Crippen LogP contribution in [0, 0.1) is 0 Å². The summed E-state index contributed by atoms with van der Waals surface area (Å²) in [6, 6.07) is 40.7. The third-order valence-electron chi connectivity index (χ3n) is 8.70. The molecule has 0 atom stereocenters. The lowest BCUT2D eigenvalue weighted by Gasteiger charge is -2.22. The molecule has 0 saturated heterocycles. The SMILES string of the molecule is CC1(C)c2ccccc2-c2c(-c3cccc(-c4cccc5c4-c4ccccc4C5(C)C)c3)cccc21. The molecule has 0 amide bonds. The molecule has 0 spiro atoms. The summed E-state index contributed by atoms with van der Waals surface area (Å²) in [6.07, 6.45) is 0. The van der Waals surface area contributed by atoms with Crippen LogP contribution in [0.3, 0.4) is 0 Å². The first-order chi connectivity index (χ1) is 17.4. The molecular weight excluding hydrogens is 432 g/mol. The van der Waals surface area contributed by atoms with E-state index in [2.05, 4.69) is 137 Å². The molecule has 2 aliphatic carbocycles. The molecule has 0 nitrogen and oxygen atoms in total. The summed E-state index contributed by atoms with van der Waals surface area (Å²) in [5, 5.41) is 0. The first-order valence-corrected chi connectivity index (χ1v) is 13.0. The molecule has 0 radical (unpaired) electrons. The van der Waals surface area contributed by atoms with E-state index in [4.69, 9.17) is 0 Å². The molecule has 2 aliphatic rings. The van der Waals surface area contributed by atoms with Crippen molar-refractivity contribution < 1.29 is 0 Å². The molecule has 5 aromatic rings. The van der Waals surface area contributed by atoms with Crippen molar-refractivity contribution in [2.75, 3.05) is 0 Å². The van der Waals surface area contributed by atoms with E-state index in [-0.39, 0.29) is 10.8 Å². The van der Waals surface area contributed by atoms with Crippen molar-refractivity contribution in [3.05, 3.63) is 131 Å². The minimum absolute atomic E-state index is 0.00902. The second-order valence-electron chi connectivity index (χ2n) is 11.4. The van der Waals surface area contributed by atoms with Crippen molar-refractivity contribution >= 4 is 0 Å². The van der Waals surface area contributed by atoms with Crippen molar-refractivity contribution in [3.63, 3.8) is 0 Å². The predicted octanol–water partition coefficient (Wildman–Crippen LogP) is 9.63. The van der Waals surface area contributed by atoms with Gasteiger partial charge in [0.1, 0.15) is 0 Å². The molecule has 36 heavy (non-hydrogen) atoms. The highest BCUT2D eigenvalue weighted by Crippen LogP contribution is 2.54. The Kier molecular flexibility index (Phi) is 4.34. The standard InChI is InChI=1S/C36H30/c1-35(2)29-18-7-5-14-27(29)33-25(16-10-20-31(33)35)23-12-9-13-24(22-23)26-17-11-21-32-34(26)28-15-6-8-19-30(28)36(32,3)4/h5-22H,1-4H3. The maximum atomic E-state index is 2.40. The predicted molar refractivity (Wildman–Crippen MR) is 152 cm³/mol. The first-order valence-electron chi connectivity index (χ1n) is 13.0. The van der Waals surface area contributed by atoms with E-state index in [1.54, 1.807) is 0 Å². The molecule has 5 aromatic carbocycles. The average Bonchev–Trinajstić information content (AvgIpc) is 3.29. The highest BCUT2D eigenvalue weighted by molar-refractivity contribution is 5.96. The van der Waals surface area contributed by atoms with E-state index >= 15 is 0 Å². The summed E-state index contributed by atoms with van der Waals surface area (Å²) in [5.41, 5.74) is 16.4. The van der Waals surface area contributed by atoms with Gasteiger partial charge in [0, 0.05) is 10.8 Å². The van der Waals surface area contributed by atoms with Crippen LogP contribution in [0.4, 0.5) is 0 Å². The Balaban J connectivity index is 1.44. The van der Waals surface area contributed by atoms with Crippen LogP contribution >= 0.6 is 0 Å². The van der Waals surface area contributed by atoms with Gasteiger partial charge in [-0.25, -0.2) is 0 Å². The number of hydrogen-bond donors (Lipinski definition) is 0. The van der Waals surface area contributed by atoms with E-state index in [0.29, 0.717) is 0 Å². The average molecular weight is 463 g/mol. The molecule has 174 valence electrons. The minimum Gasteiger partial charge on any atom is -0.0619 e. The molecule has 0 fully saturated rings. The fourth-order valence-electron chi connectivity index (χ4n) is 6.84. The van der Waals surface area contributed by atoms with Crippen LogP contribution in [0.5, 0.6) is 0 Å². The molecule has 0 aliphatic heterocycles. The van der Waals surface area contributed by atoms with Gasteiger partial charge in [0.25, 0.3) is 0 Å². The van der Waals surface area contributed by atoms with Crippen LogP contribution in [-0.2, 0) is 10.8 Å². The van der Waals surface area contributed by atoms with Gasteiger partial charge in [0.2, 0.25) is 0 Å². The van der Waals surface area contributed by atoms with Gasteiger partial charge in [0.15, 0.2) is 0 Å². The van der Waals surface area contributed by atoms with E-state index in [0.717, 1.165) is 0 Å². The smallest absolute Gasteiger partial charge is 0.0159 e. The maximum Gasteiger partial charge on any atom is 0.0159 e. The summed E-state index contributed by atoms with van der Waals surface area (Å²) < 4.78 is 0. The van der Waals surface area contributed by atoms with Gasteiger partial charge in [-0.15, -0.1) is 0 Å². The molecule has 0 bridgehead atoms. The highest BCUT2D eigenvalue weighted by Gasteiger charge is 2.38.